The zero-order valence-corrected chi connectivity index (χ0v) is 11.9. The van der Waals surface area contributed by atoms with Gasteiger partial charge in [0.25, 0.3) is 5.91 Å². The first-order valence-electron chi connectivity index (χ1n) is 6.32. The van der Waals surface area contributed by atoms with Crippen LogP contribution < -0.4 is 15.4 Å². The van der Waals surface area contributed by atoms with Crippen LogP contribution in [0.4, 0.5) is 5.69 Å². The normalized spacial score (nSPS) is 16.7. The van der Waals surface area contributed by atoms with Crippen molar-refractivity contribution in [2.24, 2.45) is 0 Å². The number of halogens is 1. The lowest BCUT2D eigenvalue weighted by atomic mass is 10.1. The maximum atomic E-state index is 12.1. The van der Waals surface area contributed by atoms with E-state index in [4.69, 9.17) is 16.3 Å². The molecule has 6 heteroatoms. The van der Waals surface area contributed by atoms with Crippen molar-refractivity contribution in [3.63, 3.8) is 0 Å². The molecule has 1 aliphatic heterocycles. The van der Waals surface area contributed by atoms with Crippen LogP contribution in [0, 0.1) is 0 Å². The van der Waals surface area contributed by atoms with Gasteiger partial charge < -0.3 is 20.5 Å². The van der Waals surface area contributed by atoms with Gasteiger partial charge in [0, 0.05) is 5.02 Å². The number of rotatable bonds is 2. The van der Waals surface area contributed by atoms with Gasteiger partial charge in [0.2, 0.25) is 0 Å². The van der Waals surface area contributed by atoms with Crippen molar-refractivity contribution in [1.82, 2.24) is 5.32 Å². The molecule has 108 valence electrons. The number of aromatic hydroxyl groups is 1. The number of carbonyl (C=O) groups excluding carboxylic acids is 1. The van der Waals surface area contributed by atoms with Gasteiger partial charge in [-0.2, -0.15) is 0 Å². The molecule has 0 spiro atoms. The van der Waals surface area contributed by atoms with Crippen molar-refractivity contribution >= 4 is 23.2 Å². The lowest BCUT2D eigenvalue weighted by Gasteiger charge is -2.28. The number of nitrogens with one attached hydrogen (secondary N) is 2. The third-order valence-electron chi connectivity index (χ3n) is 3.34. The zero-order chi connectivity index (χ0) is 15.0. The molecular weight excluding hydrogens is 292 g/mol. The van der Waals surface area contributed by atoms with Crippen LogP contribution >= 0.6 is 11.6 Å². The van der Waals surface area contributed by atoms with E-state index < -0.39 is 6.17 Å². The number of phenols is 1. The minimum atomic E-state index is -0.419. The highest BCUT2D eigenvalue weighted by atomic mass is 35.5. The van der Waals surface area contributed by atoms with Crippen LogP contribution in [0.1, 0.15) is 22.1 Å². The van der Waals surface area contributed by atoms with E-state index in [9.17, 15) is 9.90 Å². The maximum Gasteiger partial charge on any atom is 0.255 e. The second kappa shape index (κ2) is 5.18. The third-order valence-corrected chi connectivity index (χ3v) is 3.57. The van der Waals surface area contributed by atoms with Crippen LogP contribution in [0.3, 0.4) is 0 Å². The average molecular weight is 305 g/mol. The highest BCUT2D eigenvalue weighted by Gasteiger charge is 2.25. The van der Waals surface area contributed by atoms with Gasteiger partial charge in [0.1, 0.15) is 6.17 Å². The van der Waals surface area contributed by atoms with Crippen molar-refractivity contribution in [3.8, 4) is 11.5 Å². The molecule has 1 unspecified atom stereocenters. The van der Waals surface area contributed by atoms with E-state index in [0.29, 0.717) is 22.0 Å². The summed E-state index contributed by atoms with van der Waals surface area (Å²) in [6, 6.07) is 9.96. The zero-order valence-electron chi connectivity index (χ0n) is 11.2. The van der Waals surface area contributed by atoms with Crippen LogP contribution in [0.5, 0.6) is 11.5 Å². The van der Waals surface area contributed by atoms with Crippen LogP contribution in [0.15, 0.2) is 36.4 Å². The van der Waals surface area contributed by atoms with Crippen molar-refractivity contribution < 1.29 is 14.6 Å². The first-order valence-corrected chi connectivity index (χ1v) is 6.70. The lowest BCUT2D eigenvalue weighted by molar-refractivity contribution is 0.0935. The molecule has 3 rings (SSSR count). The summed E-state index contributed by atoms with van der Waals surface area (Å²) in [6.07, 6.45) is -0.419. The number of hydrogen-bond acceptors (Lipinski definition) is 4. The van der Waals surface area contributed by atoms with E-state index in [-0.39, 0.29) is 11.7 Å². The SMILES string of the molecule is COc1cc(C2NC(=O)c3ccc(Cl)cc3N2)ccc1O. The van der Waals surface area contributed by atoms with E-state index in [1.165, 1.54) is 13.2 Å². The standard InChI is InChI=1S/C15H13ClN2O3/c1-21-13-6-8(2-5-12(13)19)14-17-11-7-9(16)3-4-10(11)15(20)18-14/h2-7,14,17,19H,1H3,(H,18,20). The number of ether oxygens (including phenoxy) is 1. The van der Waals surface area contributed by atoms with Gasteiger partial charge >= 0.3 is 0 Å². The molecule has 2 aromatic carbocycles. The fraction of sp³-hybridized carbons (Fsp3) is 0.133. The highest BCUT2D eigenvalue weighted by molar-refractivity contribution is 6.31. The molecule has 5 nitrogen and oxygen atoms in total. The van der Waals surface area contributed by atoms with Crippen LogP contribution in [-0.4, -0.2) is 18.1 Å². The number of hydrogen-bond donors (Lipinski definition) is 3. The van der Waals surface area contributed by atoms with Gasteiger partial charge in [-0.25, -0.2) is 0 Å². The van der Waals surface area contributed by atoms with E-state index in [0.717, 1.165) is 5.56 Å². The second-order valence-electron chi connectivity index (χ2n) is 4.67. The second-order valence-corrected chi connectivity index (χ2v) is 5.11. The Balaban J connectivity index is 1.97. The third kappa shape index (κ3) is 2.48. The summed E-state index contributed by atoms with van der Waals surface area (Å²) in [5.74, 6) is 0.213. The summed E-state index contributed by atoms with van der Waals surface area (Å²) in [7, 11) is 1.47. The first-order chi connectivity index (χ1) is 10.1. The average Bonchev–Trinajstić information content (AvgIpc) is 2.47. The number of methoxy groups -OCH3 is 1. The number of benzene rings is 2. The number of amides is 1. The quantitative estimate of drug-likeness (QED) is 0.798. The van der Waals surface area contributed by atoms with Gasteiger partial charge in [0.15, 0.2) is 11.5 Å². The Bertz CT molecular complexity index is 718. The Morgan fingerprint density at radius 2 is 2.00 bits per heavy atom. The van der Waals surface area contributed by atoms with Crippen LogP contribution in [0.2, 0.25) is 5.02 Å². The minimum absolute atomic E-state index is 0.0480. The summed E-state index contributed by atoms with van der Waals surface area (Å²) in [6.45, 7) is 0. The largest absolute Gasteiger partial charge is 0.504 e. The van der Waals surface area contributed by atoms with E-state index in [2.05, 4.69) is 10.6 Å². The summed E-state index contributed by atoms with van der Waals surface area (Å²) in [4.78, 5) is 12.1. The van der Waals surface area contributed by atoms with Gasteiger partial charge in [-0.15, -0.1) is 0 Å². The summed E-state index contributed by atoms with van der Waals surface area (Å²) in [5.41, 5.74) is 1.98. The molecule has 0 radical (unpaired) electrons. The van der Waals surface area contributed by atoms with Gasteiger partial charge in [-0.1, -0.05) is 17.7 Å². The maximum absolute atomic E-state index is 12.1. The molecular formula is C15H13ClN2O3. The first kappa shape index (κ1) is 13.6. The predicted molar refractivity (Wildman–Crippen MR) is 79.9 cm³/mol. The molecule has 0 aliphatic carbocycles. The smallest absolute Gasteiger partial charge is 0.255 e. The van der Waals surface area contributed by atoms with Crippen molar-refractivity contribution in [2.75, 3.05) is 12.4 Å². The molecule has 0 aromatic heterocycles. The summed E-state index contributed by atoms with van der Waals surface area (Å²) in [5, 5.41) is 16.2. The van der Waals surface area contributed by atoms with Crippen LogP contribution in [0.25, 0.3) is 0 Å². The van der Waals surface area contributed by atoms with E-state index in [1.54, 1.807) is 30.3 Å². The highest BCUT2D eigenvalue weighted by Crippen LogP contribution is 2.33. The number of carbonyl (C=O) groups is 1. The fourth-order valence-electron chi connectivity index (χ4n) is 2.27. The van der Waals surface area contributed by atoms with Crippen LogP contribution in [-0.2, 0) is 0 Å². The summed E-state index contributed by atoms with van der Waals surface area (Å²) < 4.78 is 5.08. The van der Waals surface area contributed by atoms with Crippen molar-refractivity contribution in [3.05, 3.63) is 52.5 Å². The molecule has 1 aliphatic rings. The monoisotopic (exact) mass is 304 g/mol. The Hall–Kier alpha value is -2.40. The van der Waals surface area contributed by atoms with Gasteiger partial charge in [-0.05, 0) is 35.9 Å². The molecule has 0 bridgehead atoms. The fourth-order valence-corrected chi connectivity index (χ4v) is 2.45. The molecule has 0 saturated carbocycles. The topological polar surface area (TPSA) is 70.6 Å². The molecule has 0 fully saturated rings. The Labute approximate surface area is 126 Å². The predicted octanol–water partition coefficient (Wildman–Crippen LogP) is 2.91. The molecule has 1 atom stereocenters. The van der Waals surface area contributed by atoms with Gasteiger partial charge in [-0.3, -0.25) is 4.79 Å². The van der Waals surface area contributed by atoms with Crippen molar-refractivity contribution in [1.29, 1.82) is 0 Å². The molecule has 21 heavy (non-hydrogen) atoms. The molecule has 3 N–H and O–H groups in total. The molecule has 0 saturated heterocycles. The Morgan fingerprint density at radius 1 is 1.19 bits per heavy atom. The Morgan fingerprint density at radius 3 is 2.76 bits per heavy atom. The minimum Gasteiger partial charge on any atom is -0.504 e. The van der Waals surface area contributed by atoms with E-state index >= 15 is 0 Å². The van der Waals surface area contributed by atoms with E-state index in [1.807, 2.05) is 0 Å². The molecule has 1 amide bonds. The Kier molecular flexibility index (Phi) is 3.35. The number of fused-ring (bicyclic) bond motifs is 1. The molecule has 1 heterocycles. The number of phenolic OH excluding ortho intramolecular Hbond substituents is 1. The number of anilines is 1. The van der Waals surface area contributed by atoms with Crippen molar-refractivity contribution in [2.45, 2.75) is 6.17 Å². The molecule has 2 aromatic rings. The van der Waals surface area contributed by atoms with Gasteiger partial charge in [0.05, 0.1) is 18.4 Å². The lowest BCUT2D eigenvalue weighted by Crippen LogP contribution is -2.38. The summed E-state index contributed by atoms with van der Waals surface area (Å²) >= 11 is 5.96.